The summed E-state index contributed by atoms with van der Waals surface area (Å²) in [5.41, 5.74) is -1.60. The maximum Gasteiger partial charge on any atom is 0.416 e. The van der Waals surface area contributed by atoms with Crippen molar-refractivity contribution in [2.75, 3.05) is 18.4 Å². The normalized spacial score (nSPS) is 14.9. The van der Waals surface area contributed by atoms with Gasteiger partial charge >= 0.3 is 18.4 Å². The van der Waals surface area contributed by atoms with E-state index in [4.69, 9.17) is 4.52 Å². The maximum atomic E-state index is 12.9. The van der Waals surface area contributed by atoms with Crippen LogP contribution in [0, 0.1) is 0 Å². The number of carbonyl (C=O) groups is 1. The summed E-state index contributed by atoms with van der Waals surface area (Å²) in [5, 5.41) is 6.10. The van der Waals surface area contributed by atoms with Crippen LogP contribution < -0.4 is 5.32 Å². The van der Waals surface area contributed by atoms with Crippen molar-refractivity contribution in [1.29, 1.82) is 0 Å². The van der Waals surface area contributed by atoms with Crippen molar-refractivity contribution >= 4 is 11.7 Å². The van der Waals surface area contributed by atoms with Crippen LogP contribution in [0.25, 0.3) is 11.4 Å². The molecule has 1 aromatic heterocycles. The van der Waals surface area contributed by atoms with Gasteiger partial charge in [-0.2, -0.15) is 31.3 Å². The second kappa shape index (κ2) is 7.84. The van der Waals surface area contributed by atoms with E-state index in [-0.39, 0.29) is 42.0 Å². The molecular formula is C20H14F6N4O2. The Morgan fingerprint density at radius 2 is 1.59 bits per heavy atom. The van der Waals surface area contributed by atoms with Crippen LogP contribution in [0.5, 0.6) is 0 Å². The predicted molar refractivity (Wildman–Crippen MR) is 99.5 cm³/mol. The summed E-state index contributed by atoms with van der Waals surface area (Å²) in [7, 11) is 0. The van der Waals surface area contributed by atoms with Crippen LogP contribution >= 0.6 is 0 Å². The largest absolute Gasteiger partial charge is 0.416 e. The standard InChI is InChI=1S/C20H14F6N4O2/c21-19(22,23)13-4-1-3-11(7-13)16-28-17(32-29-16)12-9-30(10-12)18(31)27-15-6-2-5-14(8-15)20(24,25)26/h1-8,12H,9-10H2,(H,27,31). The van der Waals surface area contributed by atoms with Gasteiger partial charge in [0.05, 0.1) is 17.0 Å². The Morgan fingerprint density at radius 3 is 2.25 bits per heavy atom. The first-order valence-electron chi connectivity index (χ1n) is 9.25. The highest BCUT2D eigenvalue weighted by Crippen LogP contribution is 2.33. The van der Waals surface area contributed by atoms with Gasteiger partial charge in [0.1, 0.15) is 0 Å². The molecule has 0 bridgehead atoms. The molecule has 2 amide bonds. The maximum absolute atomic E-state index is 12.9. The number of alkyl halides is 6. The molecule has 0 aliphatic carbocycles. The van der Waals surface area contributed by atoms with E-state index in [1.165, 1.54) is 29.2 Å². The molecular weight excluding hydrogens is 442 g/mol. The van der Waals surface area contributed by atoms with Crippen molar-refractivity contribution in [2.45, 2.75) is 18.3 Å². The molecule has 12 heteroatoms. The molecule has 168 valence electrons. The van der Waals surface area contributed by atoms with E-state index in [9.17, 15) is 31.1 Å². The van der Waals surface area contributed by atoms with Crippen LogP contribution in [0.1, 0.15) is 22.9 Å². The van der Waals surface area contributed by atoms with Gasteiger partial charge in [0.25, 0.3) is 0 Å². The fraction of sp³-hybridized carbons (Fsp3) is 0.250. The number of carbonyl (C=O) groups excluding carboxylic acids is 1. The van der Waals surface area contributed by atoms with Crippen molar-refractivity contribution in [3.8, 4) is 11.4 Å². The van der Waals surface area contributed by atoms with Crippen molar-refractivity contribution < 1.29 is 35.7 Å². The van der Waals surface area contributed by atoms with E-state index in [0.29, 0.717) is 0 Å². The number of benzene rings is 2. The molecule has 0 unspecified atom stereocenters. The zero-order chi connectivity index (χ0) is 23.1. The highest BCUT2D eigenvalue weighted by molar-refractivity contribution is 5.90. The summed E-state index contributed by atoms with van der Waals surface area (Å²) in [4.78, 5) is 17.7. The number of amides is 2. The van der Waals surface area contributed by atoms with Crippen LogP contribution in [0.4, 0.5) is 36.8 Å². The monoisotopic (exact) mass is 456 g/mol. The Hall–Kier alpha value is -3.57. The second-order valence-corrected chi connectivity index (χ2v) is 7.15. The number of nitrogens with zero attached hydrogens (tertiary/aromatic N) is 3. The van der Waals surface area contributed by atoms with Crippen LogP contribution in [0.3, 0.4) is 0 Å². The molecule has 1 fully saturated rings. The van der Waals surface area contributed by atoms with Gasteiger partial charge in [-0.25, -0.2) is 4.79 Å². The van der Waals surface area contributed by atoms with Crippen molar-refractivity contribution in [3.05, 3.63) is 65.5 Å². The van der Waals surface area contributed by atoms with Crippen molar-refractivity contribution in [3.63, 3.8) is 0 Å². The lowest BCUT2D eigenvalue weighted by atomic mass is 10.0. The third-order valence-corrected chi connectivity index (χ3v) is 4.85. The minimum Gasteiger partial charge on any atom is -0.339 e. The number of anilines is 1. The Morgan fingerprint density at radius 1 is 0.969 bits per heavy atom. The predicted octanol–water partition coefficient (Wildman–Crippen LogP) is 5.41. The average molecular weight is 456 g/mol. The molecule has 1 saturated heterocycles. The molecule has 2 heterocycles. The Labute approximate surface area is 176 Å². The van der Waals surface area contributed by atoms with Gasteiger partial charge in [0.2, 0.25) is 11.7 Å². The van der Waals surface area contributed by atoms with E-state index in [1.54, 1.807) is 0 Å². The van der Waals surface area contributed by atoms with Crippen LogP contribution in [-0.2, 0) is 12.4 Å². The topological polar surface area (TPSA) is 71.3 Å². The van der Waals surface area contributed by atoms with E-state index >= 15 is 0 Å². The molecule has 6 nitrogen and oxygen atoms in total. The smallest absolute Gasteiger partial charge is 0.339 e. The number of rotatable bonds is 3. The Bertz CT molecular complexity index is 1140. The Kier molecular flexibility index (Phi) is 5.31. The average Bonchev–Trinajstić information content (AvgIpc) is 3.15. The number of urea groups is 1. The molecule has 3 aromatic rings. The summed E-state index contributed by atoms with van der Waals surface area (Å²) < 4.78 is 82.1. The van der Waals surface area contributed by atoms with Gasteiger partial charge in [-0.15, -0.1) is 0 Å². The fourth-order valence-corrected chi connectivity index (χ4v) is 3.13. The molecule has 0 saturated carbocycles. The molecule has 0 radical (unpaired) electrons. The summed E-state index contributed by atoms with van der Waals surface area (Å²) in [6.07, 6.45) is -9.04. The summed E-state index contributed by atoms with van der Waals surface area (Å²) in [6.45, 7) is 0.323. The second-order valence-electron chi connectivity index (χ2n) is 7.15. The molecule has 4 rings (SSSR count). The molecule has 2 aromatic carbocycles. The third kappa shape index (κ3) is 4.53. The fourth-order valence-electron chi connectivity index (χ4n) is 3.13. The summed E-state index contributed by atoms with van der Waals surface area (Å²) >= 11 is 0. The Balaban J connectivity index is 1.38. The van der Waals surface area contributed by atoms with Gasteiger partial charge < -0.3 is 14.7 Å². The molecule has 1 aliphatic heterocycles. The van der Waals surface area contributed by atoms with Gasteiger partial charge in [0.15, 0.2) is 0 Å². The van der Waals surface area contributed by atoms with E-state index < -0.39 is 29.5 Å². The van der Waals surface area contributed by atoms with E-state index in [2.05, 4.69) is 15.5 Å². The molecule has 1 N–H and O–H groups in total. The zero-order valence-corrected chi connectivity index (χ0v) is 16.0. The number of hydrogen-bond acceptors (Lipinski definition) is 4. The number of nitrogens with one attached hydrogen (secondary N) is 1. The van der Waals surface area contributed by atoms with Crippen LogP contribution in [-0.4, -0.2) is 34.2 Å². The number of aromatic nitrogens is 2. The van der Waals surface area contributed by atoms with Crippen molar-refractivity contribution in [1.82, 2.24) is 15.0 Å². The van der Waals surface area contributed by atoms with E-state index in [1.807, 2.05) is 0 Å². The van der Waals surface area contributed by atoms with Crippen LogP contribution in [0.2, 0.25) is 0 Å². The zero-order valence-electron chi connectivity index (χ0n) is 16.0. The molecule has 1 aliphatic rings. The number of halogens is 6. The highest BCUT2D eigenvalue weighted by atomic mass is 19.4. The molecule has 0 spiro atoms. The highest BCUT2D eigenvalue weighted by Gasteiger charge is 2.37. The lowest BCUT2D eigenvalue weighted by Gasteiger charge is -2.36. The third-order valence-electron chi connectivity index (χ3n) is 4.85. The quantitative estimate of drug-likeness (QED) is 0.536. The van der Waals surface area contributed by atoms with Crippen molar-refractivity contribution in [2.24, 2.45) is 0 Å². The van der Waals surface area contributed by atoms with Gasteiger partial charge in [-0.05, 0) is 30.3 Å². The number of likely N-dealkylation sites (tertiary alicyclic amines) is 1. The van der Waals surface area contributed by atoms with Crippen LogP contribution in [0.15, 0.2) is 53.1 Å². The summed E-state index contributed by atoms with van der Waals surface area (Å²) in [6, 6.07) is 8.13. The van der Waals surface area contributed by atoms with Gasteiger partial charge in [0, 0.05) is 24.3 Å². The first-order chi connectivity index (χ1) is 15.0. The summed E-state index contributed by atoms with van der Waals surface area (Å²) in [5.74, 6) is -0.201. The first-order valence-corrected chi connectivity index (χ1v) is 9.25. The lowest BCUT2D eigenvalue weighted by molar-refractivity contribution is -0.138. The molecule has 32 heavy (non-hydrogen) atoms. The van der Waals surface area contributed by atoms with E-state index in [0.717, 1.165) is 24.3 Å². The first kappa shape index (κ1) is 21.7. The van der Waals surface area contributed by atoms with Gasteiger partial charge in [-0.3, -0.25) is 0 Å². The number of hydrogen-bond donors (Lipinski definition) is 1. The van der Waals surface area contributed by atoms with Gasteiger partial charge in [-0.1, -0.05) is 23.4 Å². The minimum absolute atomic E-state index is 0.00195. The lowest BCUT2D eigenvalue weighted by Crippen LogP contribution is -2.50. The SMILES string of the molecule is O=C(Nc1cccc(C(F)(F)F)c1)N1CC(c2nc(-c3cccc(C(F)(F)F)c3)no2)C1. The molecule has 0 atom stereocenters. The minimum atomic E-state index is -4.53.